The van der Waals surface area contributed by atoms with Crippen molar-refractivity contribution in [3.8, 4) is 0 Å². The Morgan fingerprint density at radius 2 is 2.26 bits per heavy atom. The highest BCUT2D eigenvalue weighted by Gasteiger charge is 2.28. The van der Waals surface area contributed by atoms with Crippen LogP contribution in [0.1, 0.15) is 34.6 Å². The zero-order valence-corrected chi connectivity index (χ0v) is 13.7. The van der Waals surface area contributed by atoms with Crippen molar-refractivity contribution in [1.29, 1.82) is 0 Å². The predicted molar refractivity (Wildman–Crippen MR) is 83.8 cm³/mol. The van der Waals surface area contributed by atoms with Gasteiger partial charge >= 0.3 is 0 Å². The van der Waals surface area contributed by atoms with Gasteiger partial charge in [-0.3, -0.25) is 9.89 Å². The molecular formula is C16H21N5O2. The molecule has 3 heterocycles. The molecule has 3 rings (SSSR count). The first-order valence-electron chi connectivity index (χ1n) is 7.74. The van der Waals surface area contributed by atoms with Crippen molar-refractivity contribution in [1.82, 2.24) is 25.1 Å². The van der Waals surface area contributed by atoms with Gasteiger partial charge in [0.05, 0.1) is 25.3 Å². The standard InChI is InChI=1S/C16H21N5O2/c1-10-4-5-17-16(18-10)14-9-21(6-7-23-14)15(22)8-13-11(2)19-20-12(13)3/h4-5,14H,6-9H2,1-3H3,(H,19,20)/t14-/m0/s1. The minimum Gasteiger partial charge on any atom is -0.367 e. The van der Waals surface area contributed by atoms with Crippen LogP contribution in [-0.4, -0.2) is 50.7 Å². The molecule has 1 fully saturated rings. The number of nitrogens with one attached hydrogen (secondary N) is 1. The van der Waals surface area contributed by atoms with E-state index in [1.807, 2.05) is 31.7 Å². The summed E-state index contributed by atoms with van der Waals surface area (Å²) in [5, 5.41) is 7.07. The molecule has 0 radical (unpaired) electrons. The number of nitrogens with zero attached hydrogens (tertiary/aromatic N) is 4. The van der Waals surface area contributed by atoms with Crippen molar-refractivity contribution in [2.75, 3.05) is 19.7 Å². The molecule has 0 saturated carbocycles. The molecule has 1 saturated heterocycles. The summed E-state index contributed by atoms with van der Waals surface area (Å²) in [6.45, 7) is 7.34. The zero-order valence-electron chi connectivity index (χ0n) is 13.7. The van der Waals surface area contributed by atoms with E-state index in [2.05, 4.69) is 20.2 Å². The Balaban J connectivity index is 1.70. The molecule has 7 heteroatoms. The van der Waals surface area contributed by atoms with Crippen molar-refractivity contribution in [3.63, 3.8) is 0 Å². The van der Waals surface area contributed by atoms with Gasteiger partial charge in [-0.15, -0.1) is 0 Å². The van der Waals surface area contributed by atoms with Crippen LogP contribution in [-0.2, 0) is 16.0 Å². The van der Waals surface area contributed by atoms with E-state index in [9.17, 15) is 4.79 Å². The second kappa shape index (κ2) is 6.45. The van der Waals surface area contributed by atoms with Crippen molar-refractivity contribution >= 4 is 5.91 Å². The fourth-order valence-electron chi connectivity index (χ4n) is 2.75. The van der Waals surface area contributed by atoms with Crippen LogP contribution >= 0.6 is 0 Å². The lowest BCUT2D eigenvalue weighted by molar-refractivity contribution is -0.138. The summed E-state index contributed by atoms with van der Waals surface area (Å²) in [5.74, 6) is 0.719. The summed E-state index contributed by atoms with van der Waals surface area (Å²) in [5.41, 5.74) is 3.70. The van der Waals surface area contributed by atoms with Gasteiger partial charge in [0.25, 0.3) is 0 Å². The molecule has 1 amide bonds. The highest BCUT2D eigenvalue weighted by atomic mass is 16.5. The summed E-state index contributed by atoms with van der Waals surface area (Å²) in [4.78, 5) is 23.1. The van der Waals surface area contributed by atoms with Crippen molar-refractivity contribution in [2.24, 2.45) is 0 Å². The molecule has 1 N–H and O–H groups in total. The Hall–Kier alpha value is -2.28. The summed E-state index contributed by atoms with van der Waals surface area (Å²) in [6, 6.07) is 1.85. The molecule has 122 valence electrons. The van der Waals surface area contributed by atoms with Gasteiger partial charge in [-0.25, -0.2) is 9.97 Å². The van der Waals surface area contributed by atoms with Gasteiger partial charge in [-0.05, 0) is 26.8 Å². The van der Waals surface area contributed by atoms with Crippen LogP contribution in [0.4, 0.5) is 0 Å². The van der Waals surface area contributed by atoms with Crippen molar-refractivity contribution < 1.29 is 9.53 Å². The number of ether oxygens (including phenoxy) is 1. The molecule has 23 heavy (non-hydrogen) atoms. The number of morpholine rings is 1. The van der Waals surface area contributed by atoms with E-state index in [0.717, 1.165) is 22.6 Å². The van der Waals surface area contributed by atoms with Gasteiger partial charge in [-0.2, -0.15) is 5.10 Å². The highest BCUT2D eigenvalue weighted by Crippen LogP contribution is 2.20. The van der Waals surface area contributed by atoms with Crippen LogP contribution in [0.2, 0.25) is 0 Å². The maximum atomic E-state index is 12.6. The molecule has 2 aromatic heterocycles. The second-order valence-corrected chi connectivity index (χ2v) is 5.84. The van der Waals surface area contributed by atoms with Crippen LogP contribution < -0.4 is 0 Å². The lowest BCUT2D eigenvalue weighted by Crippen LogP contribution is -2.43. The van der Waals surface area contributed by atoms with E-state index < -0.39 is 0 Å². The number of hydrogen-bond acceptors (Lipinski definition) is 5. The van der Waals surface area contributed by atoms with Gasteiger partial charge in [0.2, 0.25) is 5.91 Å². The molecule has 7 nitrogen and oxygen atoms in total. The van der Waals surface area contributed by atoms with Crippen LogP contribution in [0.25, 0.3) is 0 Å². The Morgan fingerprint density at radius 1 is 1.43 bits per heavy atom. The third-order valence-corrected chi connectivity index (χ3v) is 4.13. The number of rotatable bonds is 3. The Morgan fingerprint density at radius 3 is 2.96 bits per heavy atom. The number of carbonyl (C=O) groups is 1. The largest absolute Gasteiger partial charge is 0.367 e. The van der Waals surface area contributed by atoms with Gasteiger partial charge in [0, 0.05) is 29.7 Å². The van der Waals surface area contributed by atoms with E-state index in [4.69, 9.17) is 4.74 Å². The topological polar surface area (TPSA) is 84.0 Å². The molecule has 1 aliphatic heterocycles. The smallest absolute Gasteiger partial charge is 0.227 e. The number of H-pyrrole nitrogens is 1. The summed E-state index contributed by atoms with van der Waals surface area (Å²) >= 11 is 0. The SMILES string of the molecule is Cc1ccnc([C@@H]2CN(C(=O)Cc3c(C)n[nH]c3C)CCO2)n1. The Labute approximate surface area is 135 Å². The summed E-state index contributed by atoms with van der Waals surface area (Å²) in [6.07, 6.45) is 1.81. The van der Waals surface area contributed by atoms with E-state index in [-0.39, 0.29) is 12.0 Å². The molecule has 0 aliphatic carbocycles. The number of amides is 1. The Kier molecular flexibility index (Phi) is 4.38. The summed E-state index contributed by atoms with van der Waals surface area (Å²) in [7, 11) is 0. The molecule has 1 aliphatic rings. The van der Waals surface area contributed by atoms with Crippen LogP contribution in [0, 0.1) is 20.8 Å². The van der Waals surface area contributed by atoms with Gasteiger partial charge in [-0.1, -0.05) is 0 Å². The lowest BCUT2D eigenvalue weighted by Gasteiger charge is -2.32. The number of aromatic amines is 1. The average Bonchev–Trinajstić information content (AvgIpc) is 2.87. The fraction of sp³-hybridized carbons (Fsp3) is 0.500. The number of aryl methyl sites for hydroxylation is 3. The van der Waals surface area contributed by atoms with Gasteiger partial charge in [0.15, 0.2) is 5.82 Å². The molecule has 1 atom stereocenters. The third-order valence-electron chi connectivity index (χ3n) is 4.13. The minimum absolute atomic E-state index is 0.0820. The van der Waals surface area contributed by atoms with Gasteiger partial charge < -0.3 is 9.64 Å². The number of hydrogen-bond donors (Lipinski definition) is 1. The first kappa shape index (κ1) is 15.6. The molecular weight excluding hydrogens is 294 g/mol. The average molecular weight is 315 g/mol. The maximum Gasteiger partial charge on any atom is 0.227 e. The summed E-state index contributed by atoms with van der Waals surface area (Å²) < 4.78 is 5.74. The molecule has 0 aromatic carbocycles. The fourth-order valence-corrected chi connectivity index (χ4v) is 2.75. The van der Waals surface area contributed by atoms with Gasteiger partial charge in [0.1, 0.15) is 6.10 Å². The van der Waals surface area contributed by atoms with Crippen LogP contribution in [0.15, 0.2) is 12.3 Å². The van der Waals surface area contributed by atoms with Crippen LogP contribution in [0.5, 0.6) is 0 Å². The quantitative estimate of drug-likeness (QED) is 0.922. The number of aromatic nitrogens is 4. The minimum atomic E-state index is -0.265. The van der Waals surface area contributed by atoms with Crippen LogP contribution in [0.3, 0.4) is 0 Å². The Bertz CT molecular complexity index is 693. The first-order chi connectivity index (χ1) is 11.0. The first-order valence-corrected chi connectivity index (χ1v) is 7.74. The molecule has 2 aromatic rings. The molecule has 0 unspecified atom stereocenters. The van der Waals surface area contributed by atoms with Crippen molar-refractivity contribution in [3.05, 3.63) is 40.7 Å². The predicted octanol–water partition coefficient (Wildman–Crippen LogP) is 1.27. The van der Waals surface area contributed by atoms with Crippen molar-refractivity contribution in [2.45, 2.75) is 33.3 Å². The normalized spacial score (nSPS) is 18.2. The van der Waals surface area contributed by atoms with E-state index >= 15 is 0 Å². The van der Waals surface area contributed by atoms with E-state index in [0.29, 0.717) is 31.9 Å². The molecule has 0 spiro atoms. The maximum absolute atomic E-state index is 12.6. The lowest BCUT2D eigenvalue weighted by atomic mass is 10.1. The molecule has 0 bridgehead atoms. The third kappa shape index (κ3) is 3.39. The monoisotopic (exact) mass is 315 g/mol. The van der Waals surface area contributed by atoms with E-state index in [1.165, 1.54) is 0 Å². The number of carbonyl (C=O) groups excluding carboxylic acids is 1. The zero-order chi connectivity index (χ0) is 16.4. The van der Waals surface area contributed by atoms with E-state index in [1.54, 1.807) is 6.20 Å². The second-order valence-electron chi connectivity index (χ2n) is 5.84. The highest BCUT2D eigenvalue weighted by molar-refractivity contribution is 5.79.